The highest BCUT2D eigenvalue weighted by molar-refractivity contribution is 5.91. The molecule has 2 amide bonds. The van der Waals surface area contributed by atoms with Crippen LogP contribution in [0.2, 0.25) is 0 Å². The maximum Gasteiger partial charge on any atom is 0.224 e. The molecular formula is C27H30F2N4O2. The molecule has 0 aliphatic rings. The molecule has 8 heteroatoms. The number of amides is 2. The van der Waals surface area contributed by atoms with Crippen LogP contribution in [0.1, 0.15) is 42.3 Å². The molecule has 184 valence electrons. The number of aromatic amines is 2. The number of fused-ring (bicyclic) bond motifs is 2. The largest absolute Gasteiger partial charge is 0.358 e. The van der Waals surface area contributed by atoms with Gasteiger partial charge in [0, 0.05) is 45.8 Å². The lowest BCUT2D eigenvalue weighted by molar-refractivity contribution is -0.123. The summed E-state index contributed by atoms with van der Waals surface area (Å²) in [5.74, 6) is -1.08. The summed E-state index contributed by atoms with van der Waals surface area (Å²) in [7, 11) is 0. The van der Waals surface area contributed by atoms with E-state index in [-0.39, 0.29) is 48.9 Å². The van der Waals surface area contributed by atoms with Crippen molar-refractivity contribution < 1.29 is 18.4 Å². The normalized spacial score (nSPS) is 12.3. The first-order valence-corrected chi connectivity index (χ1v) is 11.8. The Kier molecular flexibility index (Phi) is 7.19. The van der Waals surface area contributed by atoms with Crippen molar-refractivity contribution in [3.8, 4) is 0 Å². The molecule has 2 aromatic carbocycles. The molecule has 6 nitrogen and oxygen atoms in total. The minimum Gasteiger partial charge on any atom is -0.358 e. The third kappa shape index (κ3) is 5.53. The van der Waals surface area contributed by atoms with Crippen LogP contribution in [0.5, 0.6) is 0 Å². The fourth-order valence-corrected chi connectivity index (χ4v) is 4.64. The number of aromatic nitrogens is 2. The number of hydrogen-bond donors (Lipinski definition) is 4. The summed E-state index contributed by atoms with van der Waals surface area (Å²) in [6.45, 7) is 6.02. The van der Waals surface area contributed by atoms with E-state index < -0.39 is 0 Å². The van der Waals surface area contributed by atoms with Crippen LogP contribution in [-0.4, -0.2) is 34.4 Å². The summed E-state index contributed by atoms with van der Waals surface area (Å²) in [6, 6.07) is 8.73. The number of benzene rings is 2. The second-order valence-corrected chi connectivity index (χ2v) is 9.05. The van der Waals surface area contributed by atoms with Gasteiger partial charge in [-0.1, -0.05) is 13.3 Å². The predicted molar refractivity (Wildman–Crippen MR) is 133 cm³/mol. The summed E-state index contributed by atoms with van der Waals surface area (Å²) in [5, 5.41) is 7.31. The lowest BCUT2D eigenvalue weighted by atomic mass is 10.1. The van der Waals surface area contributed by atoms with Gasteiger partial charge in [-0.15, -0.1) is 0 Å². The summed E-state index contributed by atoms with van der Waals surface area (Å²) >= 11 is 0. The number of H-pyrrole nitrogens is 2. The molecular weight excluding hydrogens is 450 g/mol. The third-order valence-electron chi connectivity index (χ3n) is 6.39. The van der Waals surface area contributed by atoms with Crippen molar-refractivity contribution in [3.63, 3.8) is 0 Å². The van der Waals surface area contributed by atoms with Crippen LogP contribution in [0.15, 0.2) is 36.4 Å². The Balaban J connectivity index is 1.38. The van der Waals surface area contributed by atoms with E-state index in [4.69, 9.17) is 0 Å². The van der Waals surface area contributed by atoms with E-state index in [1.165, 1.54) is 24.3 Å². The summed E-state index contributed by atoms with van der Waals surface area (Å²) < 4.78 is 27.5. The van der Waals surface area contributed by atoms with Gasteiger partial charge in [0.05, 0.1) is 12.8 Å². The number of carbonyl (C=O) groups is 2. The van der Waals surface area contributed by atoms with Crippen molar-refractivity contribution in [2.45, 2.75) is 52.5 Å². The van der Waals surface area contributed by atoms with Gasteiger partial charge in [0.2, 0.25) is 11.8 Å². The molecule has 0 bridgehead atoms. The lowest BCUT2D eigenvalue weighted by Gasteiger charge is -2.19. The molecule has 2 heterocycles. The molecule has 4 N–H and O–H groups in total. The Labute approximate surface area is 202 Å². The number of halogens is 2. The van der Waals surface area contributed by atoms with Gasteiger partial charge in [-0.3, -0.25) is 9.59 Å². The highest BCUT2D eigenvalue weighted by atomic mass is 19.1. The molecule has 1 unspecified atom stereocenters. The zero-order valence-electron chi connectivity index (χ0n) is 20.1. The Morgan fingerprint density at radius 2 is 1.37 bits per heavy atom. The average Bonchev–Trinajstić information content (AvgIpc) is 3.27. The van der Waals surface area contributed by atoms with Gasteiger partial charge in [0.1, 0.15) is 11.6 Å². The predicted octanol–water partition coefficient (Wildman–Crippen LogP) is 4.73. The van der Waals surface area contributed by atoms with Gasteiger partial charge in [-0.05, 0) is 67.8 Å². The Bertz CT molecular complexity index is 1390. The first-order valence-electron chi connectivity index (χ1n) is 11.8. The van der Waals surface area contributed by atoms with Crippen molar-refractivity contribution in [3.05, 3.63) is 70.5 Å². The molecule has 4 rings (SSSR count). The van der Waals surface area contributed by atoms with E-state index in [9.17, 15) is 18.4 Å². The lowest BCUT2D eigenvalue weighted by Crippen LogP contribution is -2.44. The van der Waals surface area contributed by atoms with Crippen molar-refractivity contribution >= 4 is 33.6 Å². The topological polar surface area (TPSA) is 89.8 Å². The van der Waals surface area contributed by atoms with Gasteiger partial charge >= 0.3 is 0 Å². The molecule has 0 radical (unpaired) electrons. The molecule has 35 heavy (non-hydrogen) atoms. The maximum atomic E-state index is 13.7. The van der Waals surface area contributed by atoms with Crippen molar-refractivity contribution in [1.82, 2.24) is 20.6 Å². The molecule has 0 fully saturated rings. The quantitative estimate of drug-likeness (QED) is 0.279. The van der Waals surface area contributed by atoms with E-state index >= 15 is 0 Å². The van der Waals surface area contributed by atoms with Crippen LogP contribution in [0.4, 0.5) is 8.78 Å². The van der Waals surface area contributed by atoms with Crippen LogP contribution in [0.3, 0.4) is 0 Å². The fraction of sp³-hybridized carbons (Fsp3) is 0.333. The van der Waals surface area contributed by atoms with Gasteiger partial charge in [-0.25, -0.2) is 8.78 Å². The van der Waals surface area contributed by atoms with E-state index in [0.29, 0.717) is 17.2 Å². The zero-order chi connectivity index (χ0) is 25.1. The first-order chi connectivity index (χ1) is 16.7. The van der Waals surface area contributed by atoms with E-state index in [0.717, 1.165) is 40.0 Å². The smallest absolute Gasteiger partial charge is 0.224 e. The molecule has 0 aliphatic heterocycles. The Morgan fingerprint density at radius 3 is 1.89 bits per heavy atom. The Morgan fingerprint density at radius 1 is 0.857 bits per heavy atom. The minimum atomic E-state index is -0.350. The first kappa shape index (κ1) is 24.4. The van der Waals surface area contributed by atoms with Crippen LogP contribution in [-0.2, 0) is 22.4 Å². The maximum absolute atomic E-state index is 13.7. The SMILES string of the molecule is CCCC(CNC(=O)Cc1c(C)[nH]c2ccc(F)cc12)NC(=O)Cc1c(C)[nH]c2ccc(F)cc12. The van der Waals surface area contributed by atoms with E-state index in [2.05, 4.69) is 20.6 Å². The summed E-state index contributed by atoms with van der Waals surface area (Å²) in [6.07, 6.45) is 1.76. The highest BCUT2D eigenvalue weighted by Crippen LogP contribution is 2.24. The van der Waals surface area contributed by atoms with Crippen LogP contribution in [0, 0.1) is 25.5 Å². The van der Waals surface area contributed by atoms with Gasteiger partial charge < -0.3 is 20.6 Å². The summed E-state index contributed by atoms with van der Waals surface area (Å²) in [4.78, 5) is 31.9. The number of carbonyl (C=O) groups excluding carboxylic acids is 2. The minimum absolute atomic E-state index is 0.113. The van der Waals surface area contributed by atoms with Gasteiger partial charge in [0.25, 0.3) is 0 Å². The second kappa shape index (κ2) is 10.3. The number of aryl methyl sites for hydroxylation is 2. The third-order valence-corrected chi connectivity index (χ3v) is 6.39. The van der Waals surface area contributed by atoms with Crippen molar-refractivity contribution in [1.29, 1.82) is 0 Å². The number of rotatable bonds is 9. The highest BCUT2D eigenvalue weighted by Gasteiger charge is 2.18. The average molecular weight is 481 g/mol. The molecule has 4 aromatic rings. The molecule has 0 spiro atoms. The van der Waals surface area contributed by atoms with E-state index in [1.807, 2.05) is 20.8 Å². The molecule has 2 aromatic heterocycles. The standard InChI is InChI=1S/C27H30F2N4O2/c1-4-5-19(33-27(35)13-21-16(3)32-25-9-7-18(29)11-23(21)25)14-30-26(34)12-20-15(2)31-24-8-6-17(28)10-22(20)24/h6-11,19,31-32H,4-5,12-14H2,1-3H3,(H,30,34)(H,33,35). The Hall–Kier alpha value is -3.68. The van der Waals surface area contributed by atoms with Crippen molar-refractivity contribution in [2.75, 3.05) is 6.54 Å². The van der Waals surface area contributed by atoms with Gasteiger partial charge in [0.15, 0.2) is 0 Å². The van der Waals surface area contributed by atoms with Crippen molar-refractivity contribution in [2.24, 2.45) is 0 Å². The van der Waals surface area contributed by atoms with E-state index in [1.54, 1.807) is 12.1 Å². The monoisotopic (exact) mass is 480 g/mol. The molecule has 1 atom stereocenters. The van der Waals surface area contributed by atoms with Crippen LogP contribution in [0.25, 0.3) is 21.8 Å². The number of hydrogen-bond acceptors (Lipinski definition) is 2. The second-order valence-electron chi connectivity index (χ2n) is 9.05. The fourth-order valence-electron chi connectivity index (χ4n) is 4.64. The van der Waals surface area contributed by atoms with Crippen LogP contribution < -0.4 is 10.6 Å². The van der Waals surface area contributed by atoms with Crippen LogP contribution >= 0.6 is 0 Å². The summed E-state index contributed by atoms with van der Waals surface area (Å²) in [5.41, 5.74) is 4.75. The van der Waals surface area contributed by atoms with Gasteiger partial charge in [-0.2, -0.15) is 0 Å². The molecule has 0 saturated carbocycles. The molecule has 0 aliphatic carbocycles. The zero-order valence-corrected chi connectivity index (χ0v) is 20.1. The number of nitrogens with one attached hydrogen (secondary N) is 4. The molecule has 0 saturated heterocycles.